The van der Waals surface area contributed by atoms with E-state index in [9.17, 15) is 0 Å². The first-order valence-electron chi connectivity index (χ1n) is 5.37. The Hall–Kier alpha value is -2.34. The van der Waals surface area contributed by atoms with E-state index in [1.807, 2.05) is 44.2 Å². The van der Waals surface area contributed by atoms with Gasteiger partial charge < -0.3 is 5.73 Å². The largest absolute Gasteiger partial charge is 0.383 e. The summed E-state index contributed by atoms with van der Waals surface area (Å²) in [5, 5.41) is 9.02. The maximum atomic E-state index is 9.02. The molecule has 0 saturated heterocycles. The van der Waals surface area contributed by atoms with Crippen molar-refractivity contribution in [2.75, 3.05) is 5.73 Å². The van der Waals surface area contributed by atoms with Crippen molar-refractivity contribution in [1.29, 1.82) is 5.26 Å². The quantitative estimate of drug-likeness (QED) is 0.808. The first-order chi connectivity index (χ1) is 8.15. The van der Waals surface area contributed by atoms with Crippen LogP contribution in [0.1, 0.15) is 16.7 Å². The standard InChI is InChI=1S/C14H13N3/c1-9-10(2)13(11-6-4-3-5-7-11)17-14(16)12(9)8-15/h3-7H,1-2H3,(H2,16,17). The number of hydrogen-bond acceptors (Lipinski definition) is 3. The van der Waals surface area contributed by atoms with Crippen LogP contribution in [0.5, 0.6) is 0 Å². The number of anilines is 1. The fourth-order valence-electron chi connectivity index (χ4n) is 1.84. The van der Waals surface area contributed by atoms with E-state index in [-0.39, 0.29) is 0 Å². The van der Waals surface area contributed by atoms with Gasteiger partial charge in [0.15, 0.2) is 0 Å². The predicted octanol–water partition coefficient (Wildman–Crippen LogP) is 2.82. The van der Waals surface area contributed by atoms with E-state index in [0.29, 0.717) is 11.4 Å². The van der Waals surface area contributed by atoms with Crippen molar-refractivity contribution >= 4 is 5.82 Å². The minimum absolute atomic E-state index is 0.300. The maximum Gasteiger partial charge on any atom is 0.142 e. The van der Waals surface area contributed by atoms with E-state index in [0.717, 1.165) is 22.4 Å². The highest BCUT2D eigenvalue weighted by Crippen LogP contribution is 2.27. The van der Waals surface area contributed by atoms with Crippen molar-refractivity contribution < 1.29 is 0 Å². The monoisotopic (exact) mass is 223 g/mol. The Morgan fingerprint density at radius 1 is 1.12 bits per heavy atom. The number of rotatable bonds is 1. The van der Waals surface area contributed by atoms with E-state index >= 15 is 0 Å². The van der Waals surface area contributed by atoms with Crippen LogP contribution in [0.15, 0.2) is 30.3 Å². The molecule has 0 radical (unpaired) electrons. The van der Waals surface area contributed by atoms with Crippen LogP contribution in [0.2, 0.25) is 0 Å². The number of nitrogens with two attached hydrogens (primary N) is 1. The molecule has 0 aliphatic rings. The van der Waals surface area contributed by atoms with Gasteiger partial charge in [0.1, 0.15) is 11.9 Å². The Bertz CT molecular complexity index is 595. The highest BCUT2D eigenvalue weighted by atomic mass is 14.8. The molecule has 17 heavy (non-hydrogen) atoms. The zero-order chi connectivity index (χ0) is 12.4. The van der Waals surface area contributed by atoms with Crippen molar-refractivity contribution in [2.45, 2.75) is 13.8 Å². The molecule has 0 unspecified atom stereocenters. The number of hydrogen-bond donors (Lipinski definition) is 1. The van der Waals surface area contributed by atoms with Gasteiger partial charge in [-0.3, -0.25) is 0 Å². The predicted molar refractivity (Wildman–Crippen MR) is 68.3 cm³/mol. The fourth-order valence-corrected chi connectivity index (χ4v) is 1.84. The van der Waals surface area contributed by atoms with Crippen molar-refractivity contribution in [1.82, 2.24) is 4.98 Å². The van der Waals surface area contributed by atoms with Gasteiger partial charge in [-0.1, -0.05) is 30.3 Å². The summed E-state index contributed by atoms with van der Waals surface area (Å²) in [6.07, 6.45) is 0. The van der Waals surface area contributed by atoms with Gasteiger partial charge in [-0.25, -0.2) is 4.98 Å². The second kappa shape index (κ2) is 4.26. The van der Waals surface area contributed by atoms with E-state index in [1.165, 1.54) is 0 Å². The number of benzene rings is 1. The molecule has 1 aromatic carbocycles. The van der Waals surface area contributed by atoms with Gasteiger partial charge in [-0.2, -0.15) is 5.26 Å². The average Bonchev–Trinajstić information content (AvgIpc) is 2.35. The summed E-state index contributed by atoms with van der Waals surface area (Å²) >= 11 is 0. The molecule has 0 bridgehead atoms. The van der Waals surface area contributed by atoms with E-state index in [4.69, 9.17) is 11.0 Å². The lowest BCUT2D eigenvalue weighted by molar-refractivity contribution is 1.21. The van der Waals surface area contributed by atoms with Gasteiger partial charge in [0, 0.05) is 5.56 Å². The number of nitriles is 1. The zero-order valence-electron chi connectivity index (χ0n) is 9.86. The molecule has 0 spiro atoms. The van der Waals surface area contributed by atoms with Gasteiger partial charge in [0.05, 0.1) is 11.3 Å². The summed E-state index contributed by atoms with van der Waals surface area (Å²) in [4.78, 5) is 4.33. The normalized spacial score (nSPS) is 9.94. The Morgan fingerprint density at radius 3 is 2.35 bits per heavy atom. The summed E-state index contributed by atoms with van der Waals surface area (Å²) in [5.74, 6) is 0.300. The Labute approximate surface area is 101 Å². The molecule has 0 amide bonds. The SMILES string of the molecule is Cc1c(-c2ccccc2)nc(N)c(C#N)c1C. The van der Waals surface area contributed by atoms with Crippen LogP contribution in [0, 0.1) is 25.2 Å². The fraction of sp³-hybridized carbons (Fsp3) is 0.143. The molecule has 0 atom stereocenters. The summed E-state index contributed by atoms with van der Waals surface area (Å²) in [6, 6.07) is 11.9. The van der Waals surface area contributed by atoms with Crippen molar-refractivity contribution in [3.8, 4) is 17.3 Å². The second-order valence-electron chi connectivity index (χ2n) is 3.95. The van der Waals surface area contributed by atoms with Crippen LogP contribution in [0.4, 0.5) is 5.82 Å². The summed E-state index contributed by atoms with van der Waals surface area (Å²) < 4.78 is 0. The third-order valence-electron chi connectivity index (χ3n) is 2.94. The molecule has 0 aliphatic heterocycles. The Morgan fingerprint density at radius 2 is 1.76 bits per heavy atom. The smallest absolute Gasteiger partial charge is 0.142 e. The molecule has 2 aromatic rings. The van der Waals surface area contributed by atoms with Crippen molar-refractivity contribution in [2.24, 2.45) is 0 Å². The van der Waals surface area contributed by atoms with Crippen LogP contribution >= 0.6 is 0 Å². The van der Waals surface area contributed by atoms with Gasteiger partial charge in [-0.05, 0) is 25.0 Å². The average molecular weight is 223 g/mol. The summed E-state index contributed by atoms with van der Waals surface area (Å²) in [5.41, 5.74) is 10.0. The lowest BCUT2D eigenvalue weighted by Crippen LogP contribution is -2.02. The molecular formula is C14H13N3. The van der Waals surface area contributed by atoms with E-state index < -0.39 is 0 Å². The van der Waals surface area contributed by atoms with Crippen LogP contribution < -0.4 is 5.73 Å². The van der Waals surface area contributed by atoms with Crippen LogP contribution in [-0.2, 0) is 0 Å². The molecule has 2 N–H and O–H groups in total. The Kier molecular flexibility index (Phi) is 2.80. The molecule has 3 nitrogen and oxygen atoms in total. The van der Waals surface area contributed by atoms with Gasteiger partial charge >= 0.3 is 0 Å². The van der Waals surface area contributed by atoms with Crippen LogP contribution in [0.25, 0.3) is 11.3 Å². The van der Waals surface area contributed by atoms with Gasteiger partial charge in [-0.15, -0.1) is 0 Å². The minimum Gasteiger partial charge on any atom is -0.383 e. The van der Waals surface area contributed by atoms with Gasteiger partial charge in [0.2, 0.25) is 0 Å². The molecule has 0 saturated carbocycles. The third kappa shape index (κ3) is 1.85. The number of nitrogen functional groups attached to an aromatic ring is 1. The van der Waals surface area contributed by atoms with Crippen LogP contribution in [-0.4, -0.2) is 4.98 Å². The summed E-state index contributed by atoms with van der Waals surface area (Å²) in [7, 11) is 0. The number of pyridine rings is 1. The van der Waals surface area contributed by atoms with Crippen molar-refractivity contribution in [3.63, 3.8) is 0 Å². The molecule has 0 fully saturated rings. The first-order valence-corrected chi connectivity index (χ1v) is 5.37. The lowest BCUT2D eigenvalue weighted by Gasteiger charge is -2.11. The number of aromatic nitrogens is 1. The second-order valence-corrected chi connectivity index (χ2v) is 3.95. The molecule has 1 aromatic heterocycles. The molecule has 3 heteroatoms. The summed E-state index contributed by atoms with van der Waals surface area (Å²) in [6.45, 7) is 3.86. The molecule has 2 rings (SSSR count). The Balaban J connectivity index is 2.71. The molecular weight excluding hydrogens is 210 g/mol. The molecule has 1 heterocycles. The first kappa shape index (κ1) is 11.2. The van der Waals surface area contributed by atoms with Crippen LogP contribution in [0.3, 0.4) is 0 Å². The van der Waals surface area contributed by atoms with E-state index in [1.54, 1.807) is 0 Å². The highest BCUT2D eigenvalue weighted by molar-refractivity contribution is 5.70. The maximum absolute atomic E-state index is 9.02. The third-order valence-corrected chi connectivity index (χ3v) is 2.94. The molecule has 0 aliphatic carbocycles. The minimum atomic E-state index is 0.300. The lowest BCUT2D eigenvalue weighted by atomic mass is 9.99. The van der Waals surface area contributed by atoms with Crippen molar-refractivity contribution in [3.05, 3.63) is 47.0 Å². The van der Waals surface area contributed by atoms with Gasteiger partial charge in [0.25, 0.3) is 0 Å². The van der Waals surface area contributed by atoms with E-state index in [2.05, 4.69) is 11.1 Å². The highest BCUT2D eigenvalue weighted by Gasteiger charge is 2.12. The molecule has 84 valence electrons. The zero-order valence-corrected chi connectivity index (χ0v) is 9.86. The topological polar surface area (TPSA) is 62.7 Å². The number of nitrogens with zero attached hydrogens (tertiary/aromatic N) is 2.